The lowest BCUT2D eigenvalue weighted by Gasteiger charge is -2.38. The van der Waals surface area contributed by atoms with Crippen molar-refractivity contribution in [1.82, 2.24) is 10.3 Å². The Morgan fingerprint density at radius 1 is 1.37 bits per heavy atom. The summed E-state index contributed by atoms with van der Waals surface area (Å²) in [5.74, 6) is 0. The molecule has 0 unspecified atom stereocenters. The molecule has 3 nitrogen and oxygen atoms in total. The molecule has 4 heteroatoms. The zero-order valence-electron chi connectivity index (χ0n) is 10.9. The van der Waals surface area contributed by atoms with Gasteiger partial charge in [0.05, 0.1) is 18.7 Å². The van der Waals surface area contributed by atoms with Gasteiger partial charge in [-0.15, -0.1) is 0 Å². The molecule has 1 aliphatic heterocycles. The molecular weight excluding hydrogens is 260 g/mol. The van der Waals surface area contributed by atoms with E-state index in [1.54, 1.807) is 0 Å². The van der Waals surface area contributed by atoms with Crippen LogP contribution < -0.4 is 5.32 Å². The van der Waals surface area contributed by atoms with E-state index < -0.39 is 0 Å². The van der Waals surface area contributed by atoms with Crippen molar-refractivity contribution in [2.45, 2.75) is 13.5 Å². The highest BCUT2D eigenvalue weighted by atomic mass is 35.5. The van der Waals surface area contributed by atoms with Crippen LogP contribution in [0.15, 0.2) is 30.5 Å². The fourth-order valence-corrected chi connectivity index (χ4v) is 2.61. The van der Waals surface area contributed by atoms with E-state index in [4.69, 9.17) is 16.3 Å². The first kappa shape index (κ1) is 12.9. The van der Waals surface area contributed by atoms with Gasteiger partial charge in [0.15, 0.2) is 0 Å². The highest BCUT2D eigenvalue weighted by Gasteiger charge is 2.32. The summed E-state index contributed by atoms with van der Waals surface area (Å²) in [6.45, 7) is 5.70. The standard InChI is InChI=1S/C15H17ClN2O/c1-15(9-19-10-15)8-17-7-11-4-5-13(16)12-3-2-6-18-14(11)12/h2-6,17H,7-10H2,1H3. The van der Waals surface area contributed by atoms with Gasteiger partial charge in [-0.1, -0.05) is 24.6 Å². The van der Waals surface area contributed by atoms with E-state index >= 15 is 0 Å². The lowest BCUT2D eigenvalue weighted by Crippen LogP contribution is -2.47. The number of halogens is 1. The van der Waals surface area contributed by atoms with Crippen molar-refractivity contribution < 1.29 is 4.74 Å². The van der Waals surface area contributed by atoms with Gasteiger partial charge in [0.25, 0.3) is 0 Å². The normalized spacial score (nSPS) is 17.4. The highest BCUT2D eigenvalue weighted by molar-refractivity contribution is 6.35. The molecule has 0 saturated carbocycles. The molecule has 2 aromatic rings. The van der Waals surface area contributed by atoms with Crippen molar-refractivity contribution in [2.75, 3.05) is 19.8 Å². The van der Waals surface area contributed by atoms with E-state index in [-0.39, 0.29) is 5.41 Å². The van der Waals surface area contributed by atoms with Gasteiger partial charge in [-0.05, 0) is 23.8 Å². The van der Waals surface area contributed by atoms with E-state index in [0.717, 1.165) is 42.2 Å². The molecule has 1 saturated heterocycles. The second kappa shape index (κ2) is 5.08. The van der Waals surface area contributed by atoms with Crippen LogP contribution in [-0.4, -0.2) is 24.7 Å². The van der Waals surface area contributed by atoms with Gasteiger partial charge in [-0.3, -0.25) is 4.98 Å². The number of ether oxygens (including phenoxy) is 1. The largest absolute Gasteiger partial charge is 0.380 e. The van der Waals surface area contributed by atoms with Crippen LogP contribution in [-0.2, 0) is 11.3 Å². The third-order valence-electron chi connectivity index (χ3n) is 3.57. The number of hydrogen-bond acceptors (Lipinski definition) is 3. The van der Waals surface area contributed by atoms with Gasteiger partial charge in [-0.25, -0.2) is 0 Å². The van der Waals surface area contributed by atoms with E-state index in [1.807, 2.05) is 30.5 Å². The van der Waals surface area contributed by atoms with Crippen LogP contribution in [0.1, 0.15) is 12.5 Å². The van der Waals surface area contributed by atoms with E-state index in [1.165, 1.54) is 5.56 Å². The SMILES string of the molecule is CC1(CNCc2ccc(Cl)c3cccnc23)COC1. The molecule has 0 atom stereocenters. The number of fused-ring (bicyclic) bond motifs is 1. The molecule has 0 spiro atoms. The van der Waals surface area contributed by atoms with Crippen LogP contribution in [0.25, 0.3) is 10.9 Å². The Balaban J connectivity index is 1.76. The van der Waals surface area contributed by atoms with E-state index in [0.29, 0.717) is 0 Å². The topological polar surface area (TPSA) is 34.2 Å². The summed E-state index contributed by atoms with van der Waals surface area (Å²) in [5.41, 5.74) is 2.46. The molecule has 1 aromatic heterocycles. The summed E-state index contributed by atoms with van der Waals surface area (Å²) < 4.78 is 5.26. The molecule has 3 rings (SSSR count). The molecule has 100 valence electrons. The second-order valence-electron chi connectivity index (χ2n) is 5.51. The average molecular weight is 277 g/mol. The third kappa shape index (κ3) is 2.59. The smallest absolute Gasteiger partial charge is 0.0761 e. The molecule has 0 aliphatic carbocycles. The molecule has 0 amide bonds. The Hall–Kier alpha value is -1.16. The second-order valence-corrected chi connectivity index (χ2v) is 5.92. The Kier molecular flexibility index (Phi) is 3.44. The summed E-state index contributed by atoms with van der Waals surface area (Å²) in [6.07, 6.45) is 1.81. The minimum atomic E-state index is 0.287. The molecule has 2 heterocycles. The Morgan fingerprint density at radius 2 is 2.21 bits per heavy atom. The number of aromatic nitrogens is 1. The van der Waals surface area contributed by atoms with Crippen molar-refractivity contribution in [3.8, 4) is 0 Å². The van der Waals surface area contributed by atoms with Gasteiger partial charge in [0.2, 0.25) is 0 Å². The number of benzene rings is 1. The van der Waals surface area contributed by atoms with Crippen molar-refractivity contribution >= 4 is 22.5 Å². The molecule has 1 fully saturated rings. The lowest BCUT2D eigenvalue weighted by atomic mass is 9.89. The Labute approximate surface area is 117 Å². The van der Waals surface area contributed by atoms with Crippen LogP contribution in [0, 0.1) is 5.41 Å². The minimum absolute atomic E-state index is 0.287. The van der Waals surface area contributed by atoms with Crippen molar-refractivity contribution in [3.05, 3.63) is 41.0 Å². The highest BCUT2D eigenvalue weighted by Crippen LogP contribution is 2.27. The Bertz CT molecular complexity index is 596. The lowest BCUT2D eigenvalue weighted by molar-refractivity contribution is -0.0991. The molecule has 1 N–H and O–H groups in total. The summed E-state index contributed by atoms with van der Waals surface area (Å²) in [7, 11) is 0. The maximum Gasteiger partial charge on any atom is 0.0761 e. The first-order valence-electron chi connectivity index (χ1n) is 6.49. The summed E-state index contributed by atoms with van der Waals surface area (Å²) in [4.78, 5) is 4.44. The number of rotatable bonds is 4. The van der Waals surface area contributed by atoms with Crippen LogP contribution in [0.5, 0.6) is 0 Å². The first-order valence-corrected chi connectivity index (χ1v) is 6.86. The van der Waals surface area contributed by atoms with Gasteiger partial charge < -0.3 is 10.1 Å². The molecule has 0 bridgehead atoms. The first-order chi connectivity index (χ1) is 9.18. The van der Waals surface area contributed by atoms with E-state index in [9.17, 15) is 0 Å². The fraction of sp³-hybridized carbons (Fsp3) is 0.400. The maximum absolute atomic E-state index is 6.19. The average Bonchev–Trinajstić information content (AvgIpc) is 2.40. The maximum atomic E-state index is 6.19. The van der Waals surface area contributed by atoms with Crippen LogP contribution in [0.4, 0.5) is 0 Å². The van der Waals surface area contributed by atoms with Gasteiger partial charge in [-0.2, -0.15) is 0 Å². The molecule has 1 aromatic carbocycles. The molecule has 1 aliphatic rings. The number of pyridine rings is 1. The quantitative estimate of drug-likeness (QED) is 0.932. The fourth-order valence-electron chi connectivity index (χ4n) is 2.39. The third-order valence-corrected chi connectivity index (χ3v) is 3.90. The van der Waals surface area contributed by atoms with Crippen LogP contribution in [0.2, 0.25) is 5.02 Å². The zero-order chi connectivity index (χ0) is 13.3. The summed E-state index contributed by atoms with van der Waals surface area (Å²) in [6, 6.07) is 7.91. The monoisotopic (exact) mass is 276 g/mol. The number of nitrogens with zero attached hydrogens (tertiary/aromatic N) is 1. The van der Waals surface area contributed by atoms with Crippen molar-refractivity contribution in [1.29, 1.82) is 0 Å². The summed E-state index contributed by atoms with van der Waals surface area (Å²) >= 11 is 6.19. The number of hydrogen-bond donors (Lipinski definition) is 1. The molecule has 0 radical (unpaired) electrons. The van der Waals surface area contributed by atoms with Crippen molar-refractivity contribution in [2.24, 2.45) is 5.41 Å². The van der Waals surface area contributed by atoms with Crippen LogP contribution >= 0.6 is 11.6 Å². The van der Waals surface area contributed by atoms with Crippen molar-refractivity contribution in [3.63, 3.8) is 0 Å². The Morgan fingerprint density at radius 3 is 2.95 bits per heavy atom. The predicted molar refractivity (Wildman–Crippen MR) is 77.4 cm³/mol. The van der Waals surface area contributed by atoms with Gasteiger partial charge in [0.1, 0.15) is 0 Å². The van der Waals surface area contributed by atoms with Gasteiger partial charge in [0, 0.05) is 35.1 Å². The molecular formula is C15H17ClN2O. The summed E-state index contributed by atoms with van der Waals surface area (Å²) in [5, 5.41) is 5.26. The van der Waals surface area contributed by atoms with Crippen LogP contribution in [0.3, 0.4) is 0 Å². The minimum Gasteiger partial charge on any atom is -0.380 e. The van der Waals surface area contributed by atoms with Gasteiger partial charge >= 0.3 is 0 Å². The molecule has 19 heavy (non-hydrogen) atoms. The van der Waals surface area contributed by atoms with E-state index in [2.05, 4.69) is 17.2 Å². The number of nitrogens with one attached hydrogen (secondary N) is 1. The zero-order valence-corrected chi connectivity index (χ0v) is 11.7. The predicted octanol–water partition coefficient (Wildman–Crippen LogP) is 3.01.